The van der Waals surface area contributed by atoms with Gasteiger partial charge in [0.1, 0.15) is 6.61 Å². The smallest absolute Gasteiger partial charge is 0.158 e. The van der Waals surface area contributed by atoms with Crippen LogP contribution < -0.4 is 5.32 Å². The van der Waals surface area contributed by atoms with Crippen LogP contribution in [0.25, 0.3) is 0 Å². The summed E-state index contributed by atoms with van der Waals surface area (Å²) in [4.78, 5) is 0. The fourth-order valence-electron chi connectivity index (χ4n) is 1.76. The summed E-state index contributed by atoms with van der Waals surface area (Å²) in [5, 5.41) is 3.11. The third-order valence-electron chi connectivity index (χ3n) is 2.65. The molecule has 1 saturated heterocycles. The lowest BCUT2D eigenvalue weighted by Gasteiger charge is -2.07. The van der Waals surface area contributed by atoms with Crippen molar-refractivity contribution in [3.05, 3.63) is 29.8 Å². The van der Waals surface area contributed by atoms with Gasteiger partial charge in [0, 0.05) is 31.3 Å². The minimum Gasteiger partial charge on any atom is -0.387 e. The van der Waals surface area contributed by atoms with Gasteiger partial charge in [0.25, 0.3) is 0 Å². The molecule has 0 radical (unpaired) electrons. The monoisotopic (exact) mass is 231 g/mol. The maximum atomic E-state index is 5.48. The number of rotatable bonds is 3. The first-order valence-electron chi connectivity index (χ1n) is 5.89. The lowest BCUT2D eigenvalue weighted by molar-refractivity contribution is -0.0996. The summed E-state index contributed by atoms with van der Waals surface area (Å²) in [6, 6.07) is 7.96. The second-order valence-electron chi connectivity index (χ2n) is 3.85. The molecule has 2 rings (SSSR count). The van der Waals surface area contributed by atoms with E-state index >= 15 is 0 Å². The first kappa shape index (κ1) is 12.0. The fourth-order valence-corrected chi connectivity index (χ4v) is 1.76. The highest BCUT2D eigenvalue weighted by Crippen LogP contribution is 2.13. The molecule has 0 spiro atoms. The third kappa shape index (κ3) is 3.48. The highest BCUT2D eigenvalue weighted by atomic mass is 16.7. The molecule has 3 heteroatoms. The van der Waals surface area contributed by atoms with Crippen LogP contribution in [-0.2, 0) is 9.47 Å². The lowest BCUT2D eigenvalue weighted by atomic mass is 10.2. The molecule has 1 aromatic carbocycles. The summed E-state index contributed by atoms with van der Waals surface area (Å²) in [6.45, 7) is 1.23. The van der Waals surface area contributed by atoms with E-state index in [1.807, 2.05) is 31.3 Å². The van der Waals surface area contributed by atoms with Crippen LogP contribution in [0.15, 0.2) is 24.3 Å². The Balaban J connectivity index is 1.87. The number of hydrogen-bond acceptors (Lipinski definition) is 3. The van der Waals surface area contributed by atoms with Gasteiger partial charge in [0.05, 0.1) is 0 Å². The molecule has 1 N–H and O–H groups in total. The Morgan fingerprint density at radius 2 is 2.35 bits per heavy atom. The summed E-state index contributed by atoms with van der Waals surface area (Å²) in [7, 11) is 1.89. The number of para-hydroxylation sites is 1. The van der Waals surface area contributed by atoms with Crippen molar-refractivity contribution < 1.29 is 9.47 Å². The molecule has 1 fully saturated rings. The predicted molar refractivity (Wildman–Crippen MR) is 67.8 cm³/mol. The standard InChI is InChI=1S/C14H17NO2/c1-15-13-8-3-2-6-12(13)7-4-10-16-14-9-5-11-17-14/h2-3,6,8,14-15H,5,9-11H2,1H3. The van der Waals surface area contributed by atoms with Crippen molar-refractivity contribution in [2.75, 3.05) is 25.6 Å². The average Bonchev–Trinajstić information content (AvgIpc) is 2.88. The van der Waals surface area contributed by atoms with Crippen LogP contribution >= 0.6 is 0 Å². The fraction of sp³-hybridized carbons (Fsp3) is 0.429. The Labute approximate surface area is 102 Å². The molecule has 0 amide bonds. The maximum Gasteiger partial charge on any atom is 0.158 e. The van der Waals surface area contributed by atoms with Crippen LogP contribution in [0.3, 0.4) is 0 Å². The normalized spacial score (nSPS) is 18.5. The van der Waals surface area contributed by atoms with Crippen molar-refractivity contribution in [1.82, 2.24) is 0 Å². The molecule has 90 valence electrons. The Hall–Kier alpha value is -1.50. The van der Waals surface area contributed by atoms with Gasteiger partial charge in [-0.1, -0.05) is 24.0 Å². The van der Waals surface area contributed by atoms with Crippen molar-refractivity contribution >= 4 is 5.69 Å². The van der Waals surface area contributed by atoms with E-state index in [1.165, 1.54) is 0 Å². The molecule has 1 atom stereocenters. The molecule has 3 nitrogen and oxygen atoms in total. The molecule has 0 aliphatic carbocycles. The Morgan fingerprint density at radius 3 is 3.12 bits per heavy atom. The number of nitrogens with one attached hydrogen (secondary N) is 1. The quantitative estimate of drug-likeness (QED) is 0.809. The second kappa shape index (κ2) is 6.29. The molecule has 1 aromatic rings. The largest absolute Gasteiger partial charge is 0.387 e. The van der Waals surface area contributed by atoms with Crippen LogP contribution in [-0.4, -0.2) is 26.6 Å². The summed E-state index contributed by atoms with van der Waals surface area (Å²) in [6.07, 6.45) is 2.01. The number of ether oxygens (including phenoxy) is 2. The summed E-state index contributed by atoms with van der Waals surface area (Å²) in [5.41, 5.74) is 2.03. The van der Waals surface area contributed by atoms with Crippen molar-refractivity contribution in [2.45, 2.75) is 19.1 Å². The van der Waals surface area contributed by atoms with Gasteiger partial charge in [-0.3, -0.25) is 0 Å². The SMILES string of the molecule is CNc1ccccc1C#CCOC1CCCO1. The molecular weight excluding hydrogens is 214 g/mol. The van der Waals surface area contributed by atoms with Gasteiger partial charge in [-0.15, -0.1) is 0 Å². The van der Waals surface area contributed by atoms with Crippen molar-refractivity contribution in [1.29, 1.82) is 0 Å². The topological polar surface area (TPSA) is 30.5 Å². The zero-order valence-electron chi connectivity index (χ0n) is 10.0. The minimum absolute atomic E-state index is 0.0520. The first-order valence-corrected chi connectivity index (χ1v) is 5.89. The highest BCUT2D eigenvalue weighted by molar-refractivity contribution is 5.58. The van der Waals surface area contributed by atoms with E-state index in [1.54, 1.807) is 0 Å². The Bertz CT molecular complexity index is 414. The molecule has 1 unspecified atom stereocenters. The number of anilines is 1. The molecule has 0 saturated carbocycles. The lowest BCUT2D eigenvalue weighted by Crippen LogP contribution is -2.10. The van der Waals surface area contributed by atoms with Crippen LogP contribution in [0.1, 0.15) is 18.4 Å². The van der Waals surface area contributed by atoms with E-state index in [0.717, 1.165) is 30.7 Å². The zero-order chi connectivity index (χ0) is 11.9. The van der Waals surface area contributed by atoms with E-state index in [9.17, 15) is 0 Å². The van der Waals surface area contributed by atoms with Gasteiger partial charge in [-0.2, -0.15) is 0 Å². The van der Waals surface area contributed by atoms with E-state index in [4.69, 9.17) is 9.47 Å². The molecule has 1 heterocycles. The Morgan fingerprint density at radius 1 is 1.47 bits per heavy atom. The Kier molecular flexibility index (Phi) is 4.43. The van der Waals surface area contributed by atoms with Gasteiger partial charge in [0.15, 0.2) is 6.29 Å². The van der Waals surface area contributed by atoms with Crippen molar-refractivity contribution in [2.24, 2.45) is 0 Å². The van der Waals surface area contributed by atoms with E-state index < -0.39 is 0 Å². The van der Waals surface area contributed by atoms with Gasteiger partial charge >= 0.3 is 0 Å². The van der Waals surface area contributed by atoms with E-state index in [0.29, 0.717) is 6.61 Å². The van der Waals surface area contributed by atoms with E-state index in [-0.39, 0.29) is 6.29 Å². The maximum absolute atomic E-state index is 5.48. The number of benzene rings is 1. The zero-order valence-corrected chi connectivity index (χ0v) is 10.0. The van der Waals surface area contributed by atoms with Crippen LogP contribution in [0, 0.1) is 11.8 Å². The summed E-state index contributed by atoms with van der Waals surface area (Å²) in [5.74, 6) is 6.11. The molecule has 1 aliphatic heterocycles. The average molecular weight is 231 g/mol. The third-order valence-corrected chi connectivity index (χ3v) is 2.65. The minimum atomic E-state index is -0.0520. The van der Waals surface area contributed by atoms with Gasteiger partial charge in [-0.25, -0.2) is 0 Å². The highest BCUT2D eigenvalue weighted by Gasteiger charge is 2.14. The van der Waals surface area contributed by atoms with E-state index in [2.05, 4.69) is 17.2 Å². The summed E-state index contributed by atoms with van der Waals surface area (Å²) >= 11 is 0. The molecule has 0 bridgehead atoms. The van der Waals surface area contributed by atoms with Gasteiger partial charge in [-0.05, 0) is 18.6 Å². The van der Waals surface area contributed by atoms with Crippen molar-refractivity contribution in [3.8, 4) is 11.8 Å². The predicted octanol–water partition coefficient (Wildman–Crippen LogP) is 2.23. The number of hydrogen-bond donors (Lipinski definition) is 1. The molecule has 0 aromatic heterocycles. The van der Waals surface area contributed by atoms with Crippen LogP contribution in [0.4, 0.5) is 5.69 Å². The van der Waals surface area contributed by atoms with Gasteiger partial charge < -0.3 is 14.8 Å². The molecular formula is C14H17NO2. The second-order valence-corrected chi connectivity index (χ2v) is 3.85. The summed E-state index contributed by atoms with van der Waals surface area (Å²) < 4.78 is 10.8. The first-order chi connectivity index (χ1) is 8.40. The molecule has 17 heavy (non-hydrogen) atoms. The van der Waals surface area contributed by atoms with Crippen LogP contribution in [0.2, 0.25) is 0 Å². The van der Waals surface area contributed by atoms with Crippen LogP contribution in [0.5, 0.6) is 0 Å². The molecule has 1 aliphatic rings. The van der Waals surface area contributed by atoms with Gasteiger partial charge in [0.2, 0.25) is 0 Å². The van der Waals surface area contributed by atoms with Crippen molar-refractivity contribution in [3.63, 3.8) is 0 Å².